The first-order valence-electron chi connectivity index (χ1n) is 5.80. The normalized spacial score (nSPS) is 11.8. The van der Waals surface area contributed by atoms with Crippen LogP contribution in [-0.2, 0) is 0 Å². The zero-order chi connectivity index (χ0) is 11.8. The second-order valence-corrected chi connectivity index (χ2v) is 4.30. The van der Waals surface area contributed by atoms with Crippen LogP contribution in [0, 0.1) is 11.3 Å². The van der Waals surface area contributed by atoms with E-state index >= 15 is 0 Å². The highest BCUT2D eigenvalue weighted by Gasteiger charge is 2.10. The van der Waals surface area contributed by atoms with Crippen molar-refractivity contribution in [2.24, 2.45) is 0 Å². The van der Waals surface area contributed by atoms with Crippen molar-refractivity contribution in [3.05, 3.63) is 48.0 Å². The van der Waals surface area contributed by atoms with Crippen LogP contribution < -0.4 is 0 Å². The first kappa shape index (κ1) is 12.5. The number of benzene rings is 1. The van der Waals surface area contributed by atoms with E-state index in [0.29, 0.717) is 12.3 Å². The Kier molecular flexibility index (Phi) is 5.36. The second kappa shape index (κ2) is 6.85. The van der Waals surface area contributed by atoms with Gasteiger partial charge in [-0.3, -0.25) is 0 Å². The number of hydrogen-bond donors (Lipinski definition) is 0. The van der Waals surface area contributed by atoms with Gasteiger partial charge in [-0.25, -0.2) is 0 Å². The van der Waals surface area contributed by atoms with Crippen LogP contribution in [0.4, 0.5) is 0 Å². The van der Waals surface area contributed by atoms with Crippen LogP contribution in [0.1, 0.15) is 44.1 Å². The van der Waals surface area contributed by atoms with E-state index in [1.807, 2.05) is 6.07 Å². The molecular formula is C15H19N. The van der Waals surface area contributed by atoms with Crippen molar-refractivity contribution in [1.82, 2.24) is 0 Å². The second-order valence-electron chi connectivity index (χ2n) is 4.30. The number of nitriles is 1. The van der Waals surface area contributed by atoms with E-state index in [1.54, 1.807) is 0 Å². The van der Waals surface area contributed by atoms with Gasteiger partial charge in [-0.2, -0.15) is 5.26 Å². The lowest BCUT2D eigenvalue weighted by molar-refractivity contribution is 0.584. The summed E-state index contributed by atoms with van der Waals surface area (Å²) < 4.78 is 0. The van der Waals surface area contributed by atoms with Gasteiger partial charge < -0.3 is 0 Å². The molecule has 0 bridgehead atoms. The average molecular weight is 213 g/mol. The van der Waals surface area contributed by atoms with Crippen LogP contribution in [0.15, 0.2) is 42.5 Å². The van der Waals surface area contributed by atoms with Gasteiger partial charge in [-0.15, -0.1) is 6.58 Å². The molecule has 84 valence electrons. The molecule has 1 nitrogen and oxygen atoms in total. The van der Waals surface area contributed by atoms with E-state index in [2.05, 4.69) is 43.8 Å². The molecule has 0 amide bonds. The standard InChI is InChI=1S/C15H19N/c1-13(2)10-11-15(9-6-12-16)14-7-4-3-5-8-14/h3-5,7-8,15H,1,6,9-11H2,2H3. The Morgan fingerprint density at radius 1 is 1.31 bits per heavy atom. The molecule has 0 spiro atoms. The fourth-order valence-corrected chi connectivity index (χ4v) is 1.86. The first-order chi connectivity index (χ1) is 7.74. The van der Waals surface area contributed by atoms with Crippen molar-refractivity contribution in [3.8, 4) is 6.07 Å². The fraction of sp³-hybridized carbons (Fsp3) is 0.400. The fourth-order valence-electron chi connectivity index (χ4n) is 1.86. The van der Waals surface area contributed by atoms with E-state index in [4.69, 9.17) is 5.26 Å². The molecule has 16 heavy (non-hydrogen) atoms. The van der Waals surface area contributed by atoms with Gasteiger partial charge in [0.05, 0.1) is 6.07 Å². The zero-order valence-corrected chi connectivity index (χ0v) is 9.95. The van der Waals surface area contributed by atoms with Crippen LogP contribution in [0.2, 0.25) is 0 Å². The monoisotopic (exact) mass is 213 g/mol. The number of hydrogen-bond acceptors (Lipinski definition) is 1. The molecular weight excluding hydrogens is 194 g/mol. The highest BCUT2D eigenvalue weighted by Crippen LogP contribution is 2.27. The summed E-state index contributed by atoms with van der Waals surface area (Å²) in [6.07, 6.45) is 3.73. The highest BCUT2D eigenvalue weighted by molar-refractivity contribution is 5.19. The summed E-state index contributed by atoms with van der Waals surface area (Å²) in [4.78, 5) is 0. The molecule has 0 saturated carbocycles. The number of allylic oxidation sites excluding steroid dienone is 1. The molecule has 1 rings (SSSR count). The van der Waals surface area contributed by atoms with Crippen molar-refractivity contribution in [1.29, 1.82) is 5.26 Å². The van der Waals surface area contributed by atoms with Gasteiger partial charge in [0, 0.05) is 6.42 Å². The summed E-state index contributed by atoms with van der Waals surface area (Å²) in [6, 6.07) is 12.7. The third-order valence-corrected chi connectivity index (χ3v) is 2.80. The molecule has 0 aliphatic carbocycles. The lowest BCUT2D eigenvalue weighted by atomic mass is 9.89. The predicted molar refractivity (Wildman–Crippen MR) is 68.1 cm³/mol. The molecule has 1 heteroatoms. The van der Waals surface area contributed by atoms with Crippen LogP contribution in [0.25, 0.3) is 0 Å². The zero-order valence-electron chi connectivity index (χ0n) is 9.95. The molecule has 1 unspecified atom stereocenters. The summed E-state index contributed by atoms with van der Waals surface area (Å²) in [5, 5.41) is 8.67. The molecule has 1 atom stereocenters. The minimum absolute atomic E-state index is 0.498. The maximum absolute atomic E-state index is 8.67. The molecule has 1 aromatic carbocycles. The number of rotatable bonds is 6. The van der Waals surface area contributed by atoms with E-state index in [1.165, 1.54) is 11.1 Å². The van der Waals surface area contributed by atoms with Gasteiger partial charge in [-0.05, 0) is 37.7 Å². The van der Waals surface area contributed by atoms with E-state index < -0.39 is 0 Å². The van der Waals surface area contributed by atoms with E-state index in [9.17, 15) is 0 Å². The van der Waals surface area contributed by atoms with E-state index in [0.717, 1.165) is 19.3 Å². The van der Waals surface area contributed by atoms with Crippen LogP contribution >= 0.6 is 0 Å². The molecule has 0 saturated heterocycles. The van der Waals surface area contributed by atoms with Gasteiger partial charge in [0.2, 0.25) is 0 Å². The van der Waals surface area contributed by atoms with Crippen molar-refractivity contribution in [3.63, 3.8) is 0 Å². The molecule has 0 radical (unpaired) electrons. The minimum Gasteiger partial charge on any atom is -0.198 e. The van der Waals surface area contributed by atoms with Crippen LogP contribution in [0.3, 0.4) is 0 Å². The third kappa shape index (κ3) is 4.31. The van der Waals surface area contributed by atoms with E-state index in [-0.39, 0.29) is 0 Å². The maximum Gasteiger partial charge on any atom is 0.0621 e. The third-order valence-electron chi connectivity index (χ3n) is 2.80. The molecule has 1 aromatic rings. The Morgan fingerprint density at radius 2 is 2.00 bits per heavy atom. The Labute approximate surface area is 98.4 Å². The predicted octanol–water partition coefficient (Wildman–Crippen LogP) is 4.43. The summed E-state index contributed by atoms with van der Waals surface area (Å²) in [6.45, 7) is 6.00. The number of nitrogens with zero attached hydrogens (tertiary/aromatic N) is 1. The molecule has 0 N–H and O–H groups in total. The molecule has 0 aliphatic rings. The first-order valence-corrected chi connectivity index (χ1v) is 5.80. The highest BCUT2D eigenvalue weighted by atomic mass is 14.2. The van der Waals surface area contributed by atoms with Crippen molar-refractivity contribution in [2.75, 3.05) is 0 Å². The molecule has 0 aromatic heterocycles. The summed E-state index contributed by atoms with van der Waals surface area (Å²) in [7, 11) is 0. The summed E-state index contributed by atoms with van der Waals surface area (Å²) in [5.74, 6) is 0.498. The lowest BCUT2D eigenvalue weighted by Gasteiger charge is -2.15. The van der Waals surface area contributed by atoms with Gasteiger partial charge in [0.25, 0.3) is 0 Å². The van der Waals surface area contributed by atoms with Gasteiger partial charge in [0.15, 0.2) is 0 Å². The molecule has 0 fully saturated rings. The Balaban J connectivity index is 2.64. The smallest absolute Gasteiger partial charge is 0.0621 e. The Bertz CT molecular complexity index is 359. The molecule has 0 aliphatic heterocycles. The Morgan fingerprint density at radius 3 is 2.56 bits per heavy atom. The van der Waals surface area contributed by atoms with Crippen molar-refractivity contribution >= 4 is 0 Å². The van der Waals surface area contributed by atoms with Gasteiger partial charge in [0.1, 0.15) is 0 Å². The quantitative estimate of drug-likeness (QED) is 0.641. The largest absolute Gasteiger partial charge is 0.198 e. The molecule has 0 heterocycles. The van der Waals surface area contributed by atoms with Gasteiger partial charge in [-0.1, -0.05) is 35.9 Å². The minimum atomic E-state index is 0.498. The van der Waals surface area contributed by atoms with Crippen LogP contribution in [-0.4, -0.2) is 0 Å². The van der Waals surface area contributed by atoms with Crippen molar-refractivity contribution in [2.45, 2.75) is 38.5 Å². The summed E-state index contributed by atoms with van der Waals surface area (Å²) >= 11 is 0. The topological polar surface area (TPSA) is 23.8 Å². The maximum atomic E-state index is 8.67. The van der Waals surface area contributed by atoms with Gasteiger partial charge >= 0.3 is 0 Å². The average Bonchev–Trinajstić information content (AvgIpc) is 2.30. The summed E-state index contributed by atoms with van der Waals surface area (Å²) in [5.41, 5.74) is 2.57. The van der Waals surface area contributed by atoms with Crippen molar-refractivity contribution < 1.29 is 0 Å². The lowest BCUT2D eigenvalue weighted by Crippen LogP contribution is -1.99. The Hall–Kier alpha value is -1.55. The van der Waals surface area contributed by atoms with Crippen LogP contribution in [0.5, 0.6) is 0 Å². The SMILES string of the molecule is C=C(C)CCC(CCC#N)c1ccccc1.